The predicted octanol–water partition coefficient (Wildman–Crippen LogP) is -7.68. The molecule has 0 spiro atoms. The summed E-state index contributed by atoms with van der Waals surface area (Å²) in [4.78, 5) is 21.1. The fourth-order valence-electron chi connectivity index (χ4n) is 1.65. The van der Waals surface area contributed by atoms with Crippen molar-refractivity contribution in [3.8, 4) is 0 Å². The monoisotopic (exact) mass is 359 g/mol. The SMILES string of the molecule is Cc1ccc(S(=O)(=O)N[C@@H](CCCC(=O)[O-])C(=O)[O-])cc1.[Na+].[Na+]. The van der Waals surface area contributed by atoms with Crippen molar-refractivity contribution >= 4 is 22.0 Å². The van der Waals surface area contributed by atoms with Gasteiger partial charge in [-0.1, -0.05) is 17.7 Å². The summed E-state index contributed by atoms with van der Waals surface area (Å²) in [6, 6.07) is 4.38. The molecule has 0 aliphatic rings. The maximum Gasteiger partial charge on any atom is 1.00 e. The Morgan fingerprint density at radius 3 is 2.09 bits per heavy atom. The summed E-state index contributed by atoms with van der Waals surface area (Å²) >= 11 is 0. The molecule has 10 heteroatoms. The second-order valence-electron chi connectivity index (χ2n) is 4.57. The van der Waals surface area contributed by atoms with Crippen LogP contribution in [0, 0.1) is 6.92 Å². The van der Waals surface area contributed by atoms with Crippen LogP contribution in [-0.4, -0.2) is 26.4 Å². The second kappa shape index (κ2) is 11.6. The van der Waals surface area contributed by atoms with Gasteiger partial charge in [-0.05, 0) is 38.3 Å². The molecular weight excluding hydrogens is 344 g/mol. The van der Waals surface area contributed by atoms with Gasteiger partial charge in [-0.25, -0.2) is 13.1 Å². The fourth-order valence-corrected chi connectivity index (χ4v) is 2.87. The first kappa shape index (κ1) is 25.3. The number of hydrogen-bond acceptors (Lipinski definition) is 6. The van der Waals surface area contributed by atoms with Crippen LogP contribution in [0.1, 0.15) is 24.8 Å². The Labute approximate surface area is 179 Å². The van der Waals surface area contributed by atoms with Crippen molar-refractivity contribution in [1.82, 2.24) is 4.72 Å². The number of carbonyl (C=O) groups excluding carboxylic acids is 2. The number of carboxylic acid groups (broad SMARTS) is 2. The molecule has 0 aliphatic carbocycles. The minimum atomic E-state index is -4.01. The van der Waals surface area contributed by atoms with Crippen LogP contribution in [0.3, 0.4) is 0 Å². The molecule has 1 N–H and O–H groups in total. The average molecular weight is 359 g/mol. The molecule has 1 aromatic carbocycles. The number of benzene rings is 1. The molecule has 0 fully saturated rings. The molecule has 0 bridgehead atoms. The van der Waals surface area contributed by atoms with Gasteiger partial charge in [-0.3, -0.25) is 0 Å². The van der Waals surface area contributed by atoms with E-state index in [-0.39, 0.29) is 83.3 Å². The molecule has 0 saturated carbocycles. The van der Waals surface area contributed by atoms with E-state index in [4.69, 9.17) is 0 Å². The van der Waals surface area contributed by atoms with Gasteiger partial charge in [0.1, 0.15) is 0 Å². The van der Waals surface area contributed by atoms with E-state index in [1.165, 1.54) is 12.1 Å². The number of carbonyl (C=O) groups is 2. The number of sulfonamides is 1. The zero-order valence-corrected chi connectivity index (χ0v) is 18.2. The van der Waals surface area contributed by atoms with Crippen molar-refractivity contribution in [2.75, 3.05) is 0 Å². The minimum Gasteiger partial charge on any atom is -0.550 e. The molecule has 0 radical (unpaired) electrons. The molecule has 0 aromatic heterocycles. The van der Waals surface area contributed by atoms with Crippen LogP contribution in [-0.2, 0) is 19.6 Å². The Morgan fingerprint density at radius 1 is 1.13 bits per heavy atom. The summed E-state index contributed by atoms with van der Waals surface area (Å²) in [5.41, 5.74) is 0.861. The van der Waals surface area contributed by atoms with Gasteiger partial charge in [0.2, 0.25) is 10.0 Å². The molecular formula is C13H15NNa2O6S. The van der Waals surface area contributed by atoms with Crippen molar-refractivity contribution in [1.29, 1.82) is 0 Å². The summed E-state index contributed by atoms with van der Waals surface area (Å²) in [5, 5.41) is 21.2. The minimum absolute atomic E-state index is 0. The van der Waals surface area contributed by atoms with Crippen LogP contribution in [0.4, 0.5) is 0 Å². The van der Waals surface area contributed by atoms with E-state index >= 15 is 0 Å². The van der Waals surface area contributed by atoms with Crippen LogP contribution in [0.2, 0.25) is 0 Å². The van der Waals surface area contributed by atoms with Crippen LogP contribution < -0.4 is 74.0 Å². The number of nitrogens with one attached hydrogen (secondary N) is 1. The van der Waals surface area contributed by atoms with E-state index in [1.54, 1.807) is 19.1 Å². The van der Waals surface area contributed by atoms with E-state index in [1.807, 2.05) is 4.72 Å². The molecule has 0 aliphatic heterocycles. The Kier molecular flexibility index (Phi) is 12.8. The van der Waals surface area contributed by atoms with Crippen LogP contribution >= 0.6 is 0 Å². The quantitative estimate of drug-likeness (QED) is 0.460. The molecule has 0 unspecified atom stereocenters. The topological polar surface area (TPSA) is 126 Å². The predicted molar refractivity (Wildman–Crippen MR) is 69.2 cm³/mol. The number of rotatable bonds is 8. The van der Waals surface area contributed by atoms with Crippen molar-refractivity contribution in [3.05, 3.63) is 29.8 Å². The van der Waals surface area contributed by atoms with Gasteiger partial charge >= 0.3 is 59.1 Å². The van der Waals surface area contributed by atoms with Gasteiger partial charge < -0.3 is 19.8 Å². The zero-order valence-electron chi connectivity index (χ0n) is 13.4. The molecule has 0 saturated heterocycles. The summed E-state index contributed by atoms with van der Waals surface area (Å²) < 4.78 is 26.0. The first-order chi connectivity index (χ1) is 9.72. The zero-order chi connectivity index (χ0) is 16.0. The molecule has 1 aromatic rings. The number of aryl methyl sites for hydroxylation is 1. The molecule has 0 amide bonds. The van der Waals surface area contributed by atoms with E-state index in [2.05, 4.69) is 0 Å². The maximum atomic E-state index is 12.0. The third kappa shape index (κ3) is 9.21. The Hall–Kier alpha value is 0.0700. The fraction of sp³-hybridized carbons (Fsp3) is 0.385. The molecule has 1 rings (SSSR count). The number of aliphatic carboxylic acids is 2. The van der Waals surface area contributed by atoms with Gasteiger partial charge in [0.05, 0.1) is 16.9 Å². The van der Waals surface area contributed by atoms with Gasteiger partial charge in [0.25, 0.3) is 0 Å². The van der Waals surface area contributed by atoms with Gasteiger partial charge in [-0.2, -0.15) is 0 Å². The molecule has 23 heavy (non-hydrogen) atoms. The number of carboxylic acids is 2. The molecule has 116 valence electrons. The Balaban J connectivity index is 0. The smallest absolute Gasteiger partial charge is 0.550 e. The van der Waals surface area contributed by atoms with E-state index in [0.717, 1.165) is 5.56 Å². The Bertz CT molecular complexity index is 618. The van der Waals surface area contributed by atoms with Crippen LogP contribution in [0.5, 0.6) is 0 Å². The van der Waals surface area contributed by atoms with Gasteiger partial charge in [0, 0.05) is 5.97 Å². The normalized spacial score (nSPS) is 11.7. The van der Waals surface area contributed by atoms with E-state index in [0.29, 0.717) is 0 Å². The maximum absolute atomic E-state index is 12.0. The standard InChI is InChI=1S/C13H17NO6S.2Na/c1-9-5-7-10(8-6-9)21(19,20)14-11(13(17)18)3-2-4-12(15)16;;/h5-8,11,14H,2-4H2,1H3,(H,15,16)(H,17,18);;/q;2*+1/p-2/t11-;;/m0../s1. The van der Waals surface area contributed by atoms with Crippen LogP contribution in [0.15, 0.2) is 29.2 Å². The second-order valence-corrected chi connectivity index (χ2v) is 6.28. The first-order valence-electron chi connectivity index (χ1n) is 6.22. The van der Waals surface area contributed by atoms with Crippen molar-refractivity contribution < 1.29 is 87.3 Å². The summed E-state index contributed by atoms with van der Waals surface area (Å²) in [6.45, 7) is 1.79. The first-order valence-corrected chi connectivity index (χ1v) is 7.70. The largest absolute Gasteiger partial charge is 1.00 e. The summed E-state index contributed by atoms with van der Waals surface area (Å²) in [5.74, 6) is -2.93. The summed E-state index contributed by atoms with van der Waals surface area (Å²) in [6.07, 6.45) is -0.575. The third-order valence-corrected chi connectivity index (χ3v) is 4.27. The van der Waals surface area contributed by atoms with Crippen molar-refractivity contribution in [3.63, 3.8) is 0 Å². The van der Waals surface area contributed by atoms with E-state index in [9.17, 15) is 28.2 Å². The molecule has 7 nitrogen and oxygen atoms in total. The summed E-state index contributed by atoms with van der Waals surface area (Å²) in [7, 11) is -4.01. The molecule has 0 heterocycles. The third-order valence-electron chi connectivity index (χ3n) is 2.79. The number of hydrogen-bond donors (Lipinski definition) is 1. The van der Waals surface area contributed by atoms with Gasteiger partial charge in [0.15, 0.2) is 0 Å². The average Bonchev–Trinajstić information content (AvgIpc) is 2.37. The van der Waals surface area contributed by atoms with Crippen molar-refractivity contribution in [2.24, 2.45) is 0 Å². The van der Waals surface area contributed by atoms with Gasteiger partial charge in [-0.15, -0.1) is 0 Å². The Morgan fingerprint density at radius 2 is 1.65 bits per heavy atom. The van der Waals surface area contributed by atoms with E-state index < -0.39 is 28.0 Å². The van der Waals surface area contributed by atoms with Crippen LogP contribution in [0.25, 0.3) is 0 Å². The van der Waals surface area contributed by atoms with Crippen molar-refractivity contribution in [2.45, 2.75) is 37.1 Å². The molecule has 1 atom stereocenters.